The Balaban J connectivity index is 2.37. The average Bonchev–Trinajstić information content (AvgIpc) is 2.80. The van der Waals surface area contributed by atoms with E-state index in [1.807, 2.05) is 36.1 Å². The second-order valence-electron chi connectivity index (χ2n) is 5.63. The van der Waals surface area contributed by atoms with Gasteiger partial charge in [-0.05, 0) is 25.8 Å². The lowest BCUT2D eigenvalue weighted by atomic mass is 10.0. The number of nitrogens with one attached hydrogen (secondary N) is 1. The predicted octanol–water partition coefficient (Wildman–Crippen LogP) is 3.09. The van der Waals surface area contributed by atoms with E-state index in [1.165, 1.54) is 0 Å². The molecule has 0 saturated carbocycles. The van der Waals surface area contributed by atoms with Crippen LogP contribution in [0.4, 0.5) is 0 Å². The number of rotatable bonds is 6. The zero-order valence-electron chi connectivity index (χ0n) is 13.4. The Bertz CT molecular complexity index is 489. The van der Waals surface area contributed by atoms with Gasteiger partial charge in [-0.2, -0.15) is 0 Å². The topological polar surface area (TPSA) is 41.6 Å². The Labute approximate surface area is 127 Å². The van der Waals surface area contributed by atoms with Crippen LogP contribution >= 0.6 is 0 Å². The van der Waals surface area contributed by atoms with E-state index in [4.69, 9.17) is 4.74 Å². The van der Waals surface area contributed by atoms with E-state index in [9.17, 15) is 4.79 Å². The second-order valence-corrected chi connectivity index (χ2v) is 5.63. The molecule has 21 heavy (non-hydrogen) atoms. The number of nitrogens with zero attached hydrogens (tertiary/aromatic N) is 1. The number of methoxy groups -OCH3 is 1. The number of para-hydroxylation sites is 1. The lowest BCUT2D eigenvalue weighted by molar-refractivity contribution is -0.132. The summed E-state index contributed by atoms with van der Waals surface area (Å²) >= 11 is 0. The van der Waals surface area contributed by atoms with Crippen molar-refractivity contribution in [2.24, 2.45) is 0 Å². The Morgan fingerprint density at radius 1 is 1.33 bits per heavy atom. The highest BCUT2D eigenvalue weighted by Crippen LogP contribution is 2.34. The smallest absolute Gasteiger partial charge is 0.241 e. The molecule has 1 saturated heterocycles. The first kappa shape index (κ1) is 15.8. The minimum absolute atomic E-state index is 0.0971. The van der Waals surface area contributed by atoms with E-state index >= 15 is 0 Å². The van der Waals surface area contributed by atoms with E-state index in [2.05, 4.69) is 19.2 Å². The second kappa shape index (κ2) is 6.94. The van der Waals surface area contributed by atoms with Gasteiger partial charge in [-0.1, -0.05) is 38.5 Å². The third kappa shape index (κ3) is 3.05. The van der Waals surface area contributed by atoms with E-state index in [0.717, 1.165) is 30.6 Å². The molecule has 3 unspecified atom stereocenters. The molecule has 1 aliphatic rings. The molecule has 1 heterocycles. The molecule has 1 aliphatic heterocycles. The maximum Gasteiger partial charge on any atom is 0.241 e. The third-order valence-corrected chi connectivity index (χ3v) is 4.23. The van der Waals surface area contributed by atoms with Crippen molar-refractivity contribution in [3.8, 4) is 5.75 Å². The molecule has 0 aromatic heterocycles. The molecule has 1 aromatic carbocycles. The van der Waals surface area contributed by atoms with Gasteiger partial charge >= 0.3 is 0 Å². The van der Waals surface area contributed by atoms with Gasteiger partial charge in [0.1, 0.15) is 11.9 Å². The molecule has 4 nitrogen and oxygen atoms in total. The van der Waals surface area contributed by atoms with Gasteiger partial charge in [-0.25, -0.2) is 0 Å². The Morgan fingerprint density at radius 3 is 2.67 bits per heavy atom. The molecular formula is C17H26N2O2. The Morgan fingerprint density at radius 2 is 2.05 bits per heavy atom. The highest BCUT2D eigenvalue weighted by atomic mass is 16.5. The molecule has 0 aliphatic carbocycles. The molecule has 0 radical (unpaired) electrons. The van der Waals surface area contributed by atoms with Gasteiger partial charge in [-0.15, -0.1) is 0 Å². The molecule has 1 fully saturated rings. The molecule has 1 aromatic rings. The average molecular weight is 290 g/mol. The molecule has 0 bridgehead atoms. The third-order valence-electron chi connectivity index (χ3n) is 4.23. The fraction of sp³-hybridized carbons (Fsp3) is 0.588. The van der Waals surface area contributed by atoms with Gasteiger partial charge in [0.05, 0.1) is 13.2 Å². The van der Waals surface area contributed by atoms with Crippen LogP contribution in [-0.2, 0) is 4.79 Å². The summed E-state index contributed by atoms with van der Waals surface area (Å²) in [5.41, 5.74) is 1.03. The largest absolute Gasteiger partial charge is 0.496 e. The van der Waals surface area contributed by atoms with Gasteiger partial charge in [0.2, 0.25) is 5.91 Å². The molecule has 4 heteroatoms. The molecule has 3 atom stereocenters. The van der Waals surface area contributed by atoms with Crippen molar-refractivity contribution in [1.29, 1.82) is 0 Å². The van der Waals surface area contributed by atoms with Crippen LogP contribution in [0.25, 0.3) is 0 Å². The lowest BCUT2D eigenvalue weighted by Gasteiger charge is -2.33. The summed E-state index contributed by atoms with van der Waals surface area (Å²) in [5, 5.41) is 3.41. The van der Waals surface area contributed by atoms with E-state index in [0.29, 0.717) is 0 Å². The van der Waals surface area contributed by atoms with Crippen LogP contribution in [0.3, 0.4) is 0 Å². The molecule has 2 rings (SSSR count). The quantitative estimate of drug-likeness (QED) is 0.875. The first-order valence-corrected chi connectivity index (χ1v) is 7.85. The maximum atomic E-state index is 12.6. The van der Waals surface area contributed by atoms with Crippen molar-refractivity contribution in [2.45, 2.75) is 58.3 Å². The molecule has 116 valence electrons. The summed E-state index contributed by atoms with van der Waals surface area (Å²) in [6, 6.07) is 8.06. The van der Waals surface area contributed by atoms with Crippen LogP contribution in [0.1, 0.15) is 51.8 Å². The molecule has 1 N–H and O–H groups in total. The summed E-state index contributed by atoms with van der Waals surface area (Å²) in [4.78, 5) is 14.6. The minimum atomic E-state index is -0.147. The SMILES string of the molecule is CCCC(CC)N1C(=O)C(C)NC1c1ccccc1OC. The van der Waals surface area contributed by atoms with E-state index in [1.54, 1.807) is 7.11 Å². The highest BCUT2D eigenvalue weighted by molar-refractivity contribution is 5.84. The molecular weight excluding hydrogens is 264 g/mol. The van der Waals surface area contributed by atoms with Crippen LogP contribution in [-0.4, -0.2) is 30.0 Å². The monoisotopic (exact) mass is 290 g/mol. The normalized spacial score (nSPS) is 23.4. The number of hydrogen-bond donors (Lipinski definition) is 1. The zero-order chi connectivity index (χ0) is 15.4. The van der Waals surface area contributed by atoms with Crippen molar-refractivity contribution >= 4 is 5.91 Å². The van der Waals surface area contributed by atoms with E-state index < -0.39 is 0 Å². The predicted molar refractivity (Wildman–Crippen MR) is 84.2 cm³/mol. The zero-order valence-corrected chi connectivity index (χ0v) is 13.4. The number of carbonyl (C=O) groups is 1. The first-order valence-electron chi connectivity index (χ1n) is 7.85. The number of amides is 1. The Hall–Kier alpha value is -1.55. The number of ether oxygens (including phenoxy) is 1. The minimum Gasteiger partial charge on any atom is -0.496 e. The van der Waals surface area contributed by atoms with E-state index in [-0.39, 0.29) is 24.2 Å². The van der Waals surface area contributed by atoms with Gasteiger partial charge < -0.3 is 9.64 Å². The standard InChI is InChI=1S/C17H26N2O2/c1-5-9-13(6-2)19-16(18-12(3)17(19)20)14-10-7-8-11-15(14)21-4/h7-8,10-13,16,18H,5-6,9H2,1-4H3. The first-order chi connectivity index (χ1) is 10.1. The fourth-order valence-corrected chi connectivity index (χ4v) is 3.14. The van der Waals surface area contributed by atoms with Gasteiger partial charge in [0, 0.05) is 11.6 Å². The summed E-state index contributed by atoms with van der Waals surface area (Å²) in [5.74, 6) is 1.01. The summed E-state index contributed by atoms with van der Waals surface area (Å²) in [7, 11) is 1.67. The number of carbonyl (C=O) groups excluding carboxylic acids is 1. The highest BCUT2D eigenvalue weighted by Gasteiger charge is 2.41. The van der Waals surface area contributed by atoms with Crippen molar-refractivity contribution in [3.63, 3.8) is 0 Å². The van der Waals surface area contributed by atoms with Crippen LogP contribution in [0.15, 0.2) is 24.3 Å². The van der Waals surface area contributed by atoms with Crippen molar-refractivity contribution in [1.82, 2.24) is 10.2 Å². The molecule has 0 spiro atoms. The summed E-state index contributed by atoms with van der Waals surface area (Å²) in [6.07, 6.45) is 2.98. The van der Waals surface area contributed by atoms with Gasteiger partial charge in [0.15, 0.2) is 0 Å². The van der Waals surface area contributed by atoms with Crippen molar-refractivity contribution in [2.75, 3.05) is 7.11 Å². The van der Waals surface area contributed by atoms with Crippen molar-refractivity contribution in [3.05, 3.63) is 29.8 Å². The molecule has 1 amide bonds. The number of benzene rings is 1. The van der Waals surface area contributed by atoms with Gasteiger partial charge in [-0.3, -0.25) is 10.1 Å². The van der Waals surface area contributed by atoms with Crippen LogP contribution in [0.2, 0.25) is 0 Å². The van der Waals surface area contributed by atoms with Crippen LogP contribution < -0.4 is 10.1 Å². The van der Waals surface area contributed by atoms with Gasteiger partial charge in [0.25, 0.3) is 0 Å². The maximum absolute atomic E-state index is 12.6. The lowest BCUT2D eigenvalue weighted by Crippen LogP contribution is -2.39. The summed E-state index contributed by atoms with van der Waals surface area (Å²) < 4.78 is 5.47. The number of hydrogen-bond acceptors (Lipinski definition) is 3. The van der Waals surface area contributed by atoms with Crippen LogP contribution in [0.5, 0.6) is 5.75 Å². The van der Waals surface area contributed by atoms with Crippen LogP contribution in [0, 0.1) is 0 Å². The Kier molecular flexibility index (Phi) is 5.23. The fourth-order valence-electron chi connectivity index (χ4n) is 3.14. The van der Waals surface area contributed by atoms with Crippen molar-refractivity contribution < 1.29 is 9.53 Å². The summed E-state index contributed by atoms with van der Waals surface area (Å²) in [6.45, 7) is 6.25.